The van der Waals surface area contributed by atoms with Crippen LogP contribution in [0.2, 0.25) is 0 Å². The number of hydrogen-bond acceptors (Lipinski definition) is 3. The van der Waals surface area contributed by atoms with Gasteiger partial charge in [0.1, 0.15) is 0 Å². The number of amides is 1. The van der Waals surface area contributed by atoms with Crippen LogP contribution in [0.4, 0.5) is 24.5 Å². The second-order valence-electron chi connectivity index (χ2n) is 5.86. The quantitative estimate of drug-likeness (QED) is 0.812. The normalized spacial score (nSPS) is 12.1. The molecule has 0 bridgehead atoms. The summed E-state index contributed by atoms with van der Waals surface area (Å²) in [6.45, 7) is 3.97. The maximum atomic E-state index is 12.3. The van der Waals surface area contributed by atoms with Gasteiger partial charge in [-0.3, -0.25) is 9.52 Å². The average molecular weight is 386 g/mol. The summed E-state index contributed by atoms with van der Waals surface area (Å²) in [6.07, 6.45) is -5.00. The monoisotopic (exact) mass is 386 g/mol. The summed E-state index contributed by atoms with van der Waals surface area (Å²) in [5, 5.41) is 1.68. The van der Waals surface area contributed by atoms with E-state index in [0.717, 1.165) is 5.56 Å². The molecule has 0 aliphatic rings. The van der Waals surface area contributed by atoms with Gasteiger partial charge in [0, 0.05) is 11.4 Å². The Bertz CT molecular complexity index is 875. The number of anilines is 2. The topological polar surface area (TPSA) is 75.3 Å². The summed E-state index contributed by atoms with van der Waals surface area (Å²) >= 11 is 0. The van der Waals surface area contributed by atoms with Crippen molar-refractivity contribution < 1.29 is 26.4 Å². The zero-order chi connectivity index (χ0) is 19.5. The number of sulfonamides is 1. The molecule has 2 rings (SSSR count). The molecule has 26 heavy (non-hydrogen) atoms. The number of carbonyl (C=O) groups excluding carboxylic acids is 1. The van der Waals surface area contributed by atoms with Crippen molar-refractivity contribution in [2.45, 2.75) is 30.8 Å². The molecule has 0 spiro atoms. The van der Waals surface area contributed by atoms with Gasteiger partial charge >= 0.3 is 12.1 Å². The van der Waals surface area contributed by atoms with Crippen LogP contribution in [0.5, 0.6) is 0 Å². The van der Waals surface area contributed by atoms with E-state index in [4.69, 9.17) is 0 Å². The maximum absolute atomic E-state index is 12.3. The van der Waals surface area contributed by atoms with Gasteiger partial charge in [0.25, 0.3) is 10.0 Å². The van der Waals surface area contributed by atoms with Gasteiger partial charge in [0.2, 0.25) is 0 Å². The summed E-state index contributed by atoms with van der Waals surface area (Å²) < 4.78 is 63.6. The Labute approximate surface area is 149 Å². The predicted molar refractivity (Wildman–Crippen MR) is 92.5 cm³/mol. The minimum atomic E-state index is -5.00. The molecule has 2 aromatic carbocycles. The van der Waals surface area contributed by atoms with Crippen LogP contribution in [0, 0.1) is 0 Å². The van der Waals surface area contributed by atoms with Crippen LogP contribution in [0.3, 0.4) is 0 Å². The summed E-state index contributed by atoms with van der Waals surface area (Å²) in [4.78, 5) is 10.9. The largest absolute Gasteiger partial charge is 0.471 e. The number of rotatable bonds is 5. The SMILES string of the molecule is CC(C)c1ccc(S(=O)(=O)Nc2ccc(NC(=O)C(F)(F)F)cc2)cc1. The zero-order valence-corrected chi connectivity index (χ0v) is 14.8. The molecule has 0 saturated heterocycles. The Morgan fingerprint density at radius 3 is 1.88 bits per heavy atom. The van der Waals surface area contributed by atoms with E-state index in [1.54, 1.807) is 17.4 Å². The third-order valence-corrected chi connectivity index (χ3v) is 4.91. The highest BCUT2D eigenvalue weighted by Crippen LogP contribution is 2.22. The van der Waals surface area contributed by atoms with Crippen molar-refractivity contribution in [3.63, 3.8) is 0 Å². The standard InChI is InChI=1S/C17H17F3N2O3S/c1-11(2)12-3-9-15(10-4-12)26(24,25)22-14-7-5-13(6-8-14)21-16(23)17(18,19)20/h3-11,22H,1-2H3,(H,21,23). The number of benzene rings is 2. The molecular weight excluding hydrogens is 369 g/mol. The minimum Gasteiger partial charge on any atom is -0.318 e. The number of hydrogen-bond donors (Lipinski definition) is 2. The van der Waals surface area contributed by atoms with Crippen molar-refractivity contribution in [3.8, 4) is 0 Å². The minimum absolute atomic E-state index is 0.0661. The van der Waals surface area contributed by atoms with E-state index in [2.05, 4.69) is 4.72 Å². The number of nitrogens with one attached hydrogen (secondary N) is 2. The molecule has 0 aliphatic carbocycles. The Kier molecular flexibility index (Phi) is 5.60. The molecule has 0 saturated carbocycles. The first-order chi connectivity index (χ1) is 12.0. The summed E-state index contributed by atoms with van der Waals surface area (Å²) in [7, 11) is -3.83. The van der Waals surface area contributed by atoms with Crippen molar-refractivity contribution in [1.82, 2.24) is 0 Å². The first-order valence-electron chi connectivity index (χ1n) is 7.60. The second-order valence-corrected chi connectivity index (χ2v) is 7.54. The molecule has 0 unspecified atom stereocenters. The third kappa shape index (κ3) is 4.98. The Balaban J connectivity index is 2.11. The molecule has 5 nitrogen and oxygen atoms in total. The van der Waals surface area contributed by atoms with Crippen LogP contribution in [0.1, 0.15) is 25.3 Å². The molecule has 2 aromatic rings. The van der Waals surface area contributed by atoms with Crippen LogP contribution in [0.25, 0.3) is 0 Å². The molecule has 140 valence electrons. The molecule has 0 heterocycles. The first kappa shape index (κ1) is 19.8. The lowest BCUT2D eigenvalue weighted by Gasteiger charge is -2.11. The van der Waals surface area contributed by atoms with E-state index in [0.29, 0.717) is 0 Å². The maximum Gasteiger partial charge on any atom is 0.471 e. The van der Waals surface area contributed by atoms with Crippen molar-refractivity contribution in [2.75, 3.05) is 10.0 Å². The average Bonchev–Trinajstić information content (AvgIpc) is 2.55. The molecular formula is C17H17F3N2O3S. The highest BCUT2D eigenvalue weighted by molar-refractivity contribution is 7.92. The first-order valence-corrected chi connectivity index (χ1v) is 9.08. The third-order valence-electron chi connectivity index (χ3n) is 3.51. The van der Waals surface area contributed by atoms with Gasteiger partial charge in [0.15, 0.2) is 0 Å². The lowest BCUT2D eigenvalue weighted by atomic mass is 10.0. The highest BCUT2D eigenvalue weighted by atomic mass is 32.2. The Hall–Kier alpha value is -2.55. The van der Waals surface area contributed by atoms with Gasteiger partial charge in [0.05, 0.1) is 4.90 Å². The molecule has 9 heteroatoms. The van der Waals surface area contributed by atoms with E-state index < -0.39 is 22.1 Å². The predicted octanol–water partition coefficient (Wildman–Crippen LogP) is 4.11. The second kappa shape index (κ2) is 7.36. The lowest BCUT2D eigenvalue weighted by molar-refractivity contribution is -0.167. The van der Waals surface area contributed by atoms with Gasteiger partial charge < -0.3 is 5.32 Å². The van der Waals surface area contributed by atoms with Crippen LogP contribution in [-0.4, -0.2) is 20.5 Å². The summed E-state index contributed by atoms with van der Waals surface area (Å²) in [5.41, 5.74) is 1.05. The molecule has 1 amide bonds. The molecule has 0 aromatic heterocycles. The fraction of sp³-hybridized carbons (Fsp3) is 0.235. The Morgan fingerprint density at radius 1 is 0.923 bits per heavy atom. The zero-order valence-electron chi connectivity index (χ0n) is 14.0. The lowest BCUT2D eigenvalue weighted by Crippen LogP contribution is -2.29. The van der Waals surface area contributed by atoms with E-state index in [-0.39, 0.29) is 22.2 Å². The number of carbonyl (C=O) groups is 1. The Morgan fingerprint density at radius 2 is 1.42 bits per heavy atom. The van der Waals surface area contributed by atoms with Gasteiger partial charge in [-0.15, -0.1) is 0 Å². The van der Waals surface area contributed by atoms with Crippen molar-refractivity contribution in [2.24, 2.45) is 0 Å². The fourth-order valence-electron chi connectivity index (χ4n) is 2.07. The van der Waals surface area contributed by atoms with Crippen LogP contribution < -0.4 is 10.0 Å². The van der Waals surface area contributed by atoms with Crippen molar-refractivity contribution in [1.29, 1.82) is 0 Å². The van der Waals surface area contributed by atoms with E-state index >= 15 is 0 Å². The van der Waals surface area contributed by atoms with Gasteiger partial charge in [-0.25, -0.2) is 8.42 Å². The van der Waals surface area contributed by atoms with Gasteiger partial charge in [-0.2, -0.15) is 13.2 Å². The molecule has 0 aliphatic heterocycles. The summed E-state index contributed by atoms with van der Waals surface area (Å²) in [6, 6.07) is 11.2. The number of alkyl halides is 3. The smallest absolute Gasteiger partial charge is 0.318 e. The van der Waals surface area contributed by atoms with E-state index in [1.165, 1.54) is 36.4 Å². The highest BCUT2D eigenvalue weighted by Gasteiger charge is 2.38. The fourth-order valence-corrected chi connectivity index (χ4v) is 3.13. The van der Waals surface area contributed by atoms with E-state index in [1.807, 2.05) is 13.8 Å². The van der Waals surface area contributed by atoms with Gasteiger partial charge in [-0.1, -0.05) is 26.0 Å². The molecule has 0 atom stereocenters. The molecule has 0 radical (unpaired) electrons. The van der Waals surface area contributed by atoms with Crippen molar-refractivity contribution in [3.05, 3.63) is 54.1 Å². The number of halogens is 3. The van der Waals surface area contributed by atoms with Crippen LogP contribution in [0.15, 0.2) is 53.4 Å². The van der Waals surface area contributed by atoms with Gasteiger partial charge in [-0.05, 0) is 47.9 Å². The molecule has 2 N–H and O–H groups in total. The summed E-state index contributed by atoms with van der Waals surface area (Å²) in [5.74, 6) is -1.84. The molecule has 0 fully saturated rings. The van der Waals surface area contributed by atoms with Crippen LogP contribution in [-0.2, 0) is 14.8 Å². The van der Waals surface area contributed by atoms with E-state index in [9.17, 15) is 26.4 Å². The van der Waals surface area contributed by atoms with Crippen LogP contribution >= 0.6 is 0 Å². The van der Waals surface area contributed by atoms with Crippen molar-refractivity contribution >= 4 is 27.3 Å².